The average molecular weight is 282 g/mol. The largest absolute Gasteiger partial charge is 0.478 e. The molecule has 1 aromatic heterocycles. The fourth-order valence-corrected chi connectivity index (χ4v) is 2.81. The van der Waals surface area contributed by atoms with Crippen LogP contribution in [0.2, 0.25) is 0 Å². The lowest BCUT2D eigenvalue weighted by Gasteiger charge is -2.03. The van der Waals surface area contributed by atoms with E-state index in [1.165, 1.54) is 11.3 Å². The van der Waals surface area contributed by atoms with Gasteiger partial charge in [0.15, 0.2) is 0 Å². The summed E-state index contributed by atoms with van der Waals surface area (Å²) in [5.74, 6) is -2.45. The third kappa shape index (κ3) is 3.65. The smallest absolute Gasteiger partial charge is 0.328 e. The minimum absolute atomic E-state index is 0.294. The van der Waals surface area contributed by atoms with E-state index in [0.29, 0.717) is 17.0 Å². The van der Waals surface area contributed by atoms with Gasteiger partial charge in [-0.3, -0.25) is 9.59 Å². The molecule has 4 N–H and O–H groups in total. The summed E-state index contributed by atoms with van der Waals surface area (Å²) in [5.41, 5.74) is 6.40. The second-order valence-corrected chi connectivity index (χ2v) is 4.94. The van der Waals surface area contributed by atoms with Crippen LogP contribution in [-0.2, 0) is 16.0 Å². The Hall–Kier alpha value is -2.15. The van der Waals surface area contributed by atoms with Crippen LogP contribution in [0.15, 0.2) is 12.2 Å². The summed E-state index contributed by atoms with van der Waals surface area (Å²) in [5, 5.41) is 11.2. The van der Waals surface area contributed by atoms with Crippen molar-refractivity contribution in [1.82, 2.24) is 0 Å². The van der Waals surface area contributed by atoms with Crippen molar-refractivity contribution in [2.75, 3.05) is 5.32 Å². The minimum atomic E-state index is -1.22. The maximum absolute atomic E-state index is 11.5. The Morgan fingerprint density at radius 2 is 2.00 bits per heavy atom. The average Bonchev–Trinajstić information content (AvgIpc) is 2.62. The Morgan fingerprint density at radius 1 is 1.37 bits per heavy atom. The molecule has 0 radical (unpaired) electrons. The monoisotopic (exact) mass is 282 g/mol. The third-order valence-corrected chi connectivity index (χ3v) is 3.49. The van der Waals surface area contributed by atoms with Crippen LogP contribution in [0.25, 0.3) is 0 Å². The maximum Gasteiger partial charge on any atom is 0.328 e. The highest BCUT2D eigenvalue weighted by atomic mass is 32.1. The topological polar surface area (TPSA) is 109 Å². The van der Waals surface area contributed by atoms with Crippen molar-refractivity contribution in [2.24, 2.45) is 5.73 Å². The fraction of sp³-hybridized carbons (Fsp3) is 0.250. The molecule has 0 saturated carbocycles. The molecule has 0 aliphatic rings. The first-order chi connectivity index (χ1) is 8.86. The maximum atomic E-state index is 11.5. The molecule has 0 fully saturated rings. The molecule has 2 amide bonds. The van der Waals surface area contributed by atoms with E-state index >= 15 is 0 Å². The summed E-state index contributed by atoms with van der Waals surface area (Å²) >= 11 is 1.24. The number of primary amides is 1. The molecule has 7 heteroatoms. The van der Waals surface area contributed by atoms with Crippen molar-refractivity contribution in [3.8, 4) is 0 Å². The molecule has 0 bridgehead atoms. The number of carbonyl (C=O) groups excluding carboxylic acids is 2. The van der Waals surface area contributed by atoms with Gasteiger partial charge in [0.05, 0.1) is 5.56 Å². The number of amides is 2. The molecular weight excluding hydrogens is 268 g/mol. The number of nitrogens with one attached hydrogen (secondary N) is 1. The highest BCUT2D eigenvalue weighted by Crippen LogP contribution is 2.33. The number of anilines is 1. The van der Waals surface area contributed by atoms with E-state index in [0.717, 1.165) is 22.6 Å². The number of nitrogens with two attached hydrogens (primary N) is 1. The van der Waals surface area contributed by atoms with Gasteiger partial charge in [-0.25, -0.2) is 4.79 Å². The zero-order valence-electron chi connectivity index (χ0n) is 10.5. The standard InChI is InChI=1S/C12H14N2O4S/c1-3-7-6(2)19-12(10(7)11(13)18)14-8(15)4-5-9(16)17/h4-5H,3H2,1-2H3,(H2,13,18)(H,14,15)(H,16,17)/b5-4+. The Kier molecular flexibility index (Phi) is 4.82. The molecule has 0 unspecified atom stereocenters. The van der Waals surface area contributed by atoms with Crippen molar-refractivity contribution >= 4 is 34.1 Å². The van der Waals surface area contributed by atoms with E-state index in [2.05, 4.69) is 5.32 Å². The molecule has 0 spiro atoms. The third-order valence-electron chi connectivity index (χ3n) is 2.42. The van der Waals surface area contributed by atoms with Gasteiger partial charge < -0.3 is 16.2 Å². The molecule has 102 valence electrons. The number of rotatable bonds is 5. The van der Waals surface area contributed by atoms with Crippen LogP contribution in [0.1, 0.15) is 27.7 Å². The number of aliphatic carboxylic acids is 1. The summed E-state index contributed by atoms with van der Waals surface area (Å²) in [6.45, 7) is 3.72. The van der Waals surface area contributed by atoms with Crippen LogP contribution >= 0.6 is 11.3 Å². The van der Waals surface area contributed by atoms with Crippen molar-refractivity contribution in [3.05, 3.63) is 28.2 Å². The van der Waals surface area contributed by atoms with E-state index in [-0.39, 0.29) is 0 Å². The van der Waals surface area contributed by atoms with Crippen LogP contribution in [0, 0.1) is 6.92 Å². The van der Waals surface area contributed by atoms with Crippen LogP contribution < -0.4 is 11.1 Å². The molecule has 0 aliphatic carbocycles. The first-order valence-electron chi connectivity index (χ1n) is 5.50. The van der Waals surface area contributed by atoms with Gasteiger partial charge in [-0.1, -0.05) is 6.92 Å². The van der Waals surface area contributed by atoms with Gasteiger partial charge in [0.1, 0.15) is 5.00 Å². The number of carboxylic acid groups (broad SMARTS) is 1. The van der Waals surface area contributed by atoms with Crippen LogP contribution in [0.5, 0.6) is 0 Å². The highest BCUT2D eigenvalue weighted by Gasteiger charge is 2.19. The number of carboxylic acids is 1. The predicted octanol–water partition coefficient (Wildman–Crippen LogP) is 1.30. The van der Waals surface area contributed by atoms with Gasteiger partial charge in [0.2, 0.25) is 5.91 Å². The first kappa shape index (κ1) is 14.9. The number of thiophene rings is 1. The SMILES string of the molecule is CCc1c(C)sc(NC(=O)/C=C/C(=O)O)c1C(N)=O. The van der Waals surface area contributed by atoms with Gasteiger partial charge in [-0.2, -0.15) is 0 Å². The van der Waals surface area contributed by atoms with Crippen LogP contribution in [0.4, 0.5) is 5.00 Å². The lowest BCUT2D eigenvalue weighted by atomic mass is 10.1. The molecule has 0 saturated heterocycles. The van der Waals surface area contributed by atoms with E-state index in [1.807, 2.05) is 13.8 Å². The predicted molar refractivity (Wildman–Crippen MR) is 72.4 cm³/mol. The molecule has 0 atom stereocenters. The number of hydrogen-bond donors (Lipinski definition) is 3. The summed E-state index contributed by atoms with van der Waals surface area (Å²) in [4.78, 5) is 34.1. The van der Waals surface area contributed by atoms with Crippen molar-refractivity contribution in [3.63, 3.8) is 0 Å². The lowest BCUT2D eigenvalue weighted by Crippen LogP contribution is -2.16. The molecule has 0 aliphatic heterocycles. The zero-order valence-corrected chi connectivity index (χ0v) is 11.3. The van der Waals surface area contributed by atoms with E-state index in [4.69, 9.17) is 10.8 Å². The summed E-state index contributed by atoms with van der Waals surface area (Å²) < 4.78 is 0. The lowest BCUT2D eigenvalue weighted by molar-refractivity contribution is -0.131. The normalized spacial score (nSPS) is 10.6. The molecular formula is C12H14N2O4S. The molecule has 19 heavy (non-hydrogen) atoms. The Morgan fingerprint density at radius 3 is 2.47 bits per heavy atom. The van der Waals surface area contributed by atoms with Crippen molar-refractivity contribution in [2.45, 2.75) is 20.3 Å². The second-order valence-electron chi connectivity index (χ2n) is 3.72. The van der Waals surface area contributed by atoms with E-state index < -0.39 is 17.8 Å². The number of aryl methyl sites for hydroxylation is 1. The number of hydrogen-bond acceptors (Lipinski definition) is 4. The summed E-state index contributed by atoms with van der Waals surface area (Å²) in [6.07, 6.45) is 2.23. The Bertz CT molecular complexity index is 560. The highest BCUT2D eigenvalue weighted by molar-refractivity contribution is 7.16. The molecule has 0 aromatic carbocycles. The quantitative estimate of drug-likeness (QED) is 0.707. The molecule has 1 aromatic rings. The number of carbonyl (C=O) groups is 3. The van der Waals surface area contributed by atoms with Gasteiger partial charge in [0.25, 0.3) is 5.91 Å². The minimum Gasteiger partial charge on any atom is -0.478 e. The molecule has 1 rings (SSSR count). The Labute approximate surface area is 113 Å². The van der Waals surface area contributed by atoms with Crippen molar-refractivity contribution in [1.29, 1.82) is 0 Å². The van der Waals surface area contributed by atoms with Gasteiger partial charge in [-0.05, 0) is 18.9 Å². The van der Waals surface area contributed by atoms with Gasteiger partial charge in [0, 0.05) is 17.0 Å². The summed E-state index contributed by atoms with van der Waals surface area (Å²) in [7, 11) is 0. The zero-order chi connectivity index (χ0) is 14.6. The van der Waals surface area contributed by atoms with Crippen LogP contribution in [0.3, 0.4) is 0 Å². The molecule has 6 nitrogen and oxygen atoms in total. The molecule has 1 heterocycles. The van der Waals surface area contributed by atoms with Gasteiger partial charge >= 0.3 is 5.97 Å². The van der Waals surface area contributed by atoms with Gasteiger partial charge in [-0.15, -0.1) is 11.3 Å². The van der Waals surface area contributed by atoms with E-state index in [9.17, 15) is 14.4 Å². The first-order valence-corrected chi connectivity index (χ1v) is 6.32. The summed E-state index contributed by atoms with van der Waals surface area (Å²) in [6, 6.07) is 0. The van der Waals surface area contributed by atoms with E-state index in [1.54, 1.807) is 0 Å². The second kappa shape index (κ2) is 6.14. The fourth-order valence-electron chi connectivity index (χ4n) is 1.65. The van der Waals surface area contributed by atoms with Crippen LogP contribution in [-0.4, -0.2) is 22.9 Å². The van der Waals surface area contributed by atoms with Crippen molar-refractivity contribution < 1.29 is 19.5 Å². The Balaban J connectivity index is 3.05.